The van der Waals surface area contributed by atoms with Gasteiger partial charge in [0.05, 0.1) is 22.0 Å². The standard InChI is InChI=1S/C22H12F2N2O2S/c23-16-6-4-15(5-7-16)19-12-22(26-21-9-8-17(24)11-20(19)21)29(27,28)18-3-1-2-14(10-18)13-25/h1-12H. The Hall–Kier alpha value is -3.63. The highest BCUT2D eigenvalue weighted by Gasteiger charge is 2.22. The highest BCUT2D eigenvalue weighted by atomic mass is 32.2. The van der Waals surface area contributed by atoms with Crippen LogP contribution in [0, 0.1) is 23.0 Å². The van der Waals surface area contributed by atoms with Crippen LogP contribution in [0.2, 0.25) is 0 Å². The van der Waals surface area contributed by atoms with Crippen LogP contribution in [0.15, 0.2) is 82.7 Å². The molecule has 0 radical (unpaired) electrons. The van der Waals surface area contributed by atoms with Gasteiger partial charge in [-0.3, -0.25) is 0 Å². The third-order valence-corrected chi connectivity index (χ3v) is 6.09. The van der Waals surface area contributed by atoms with Crippen molar-refractivity contribution in [3.05, 3.63) is 90.0 Å². The van der Waals surface area contributed by atoms with Crippen LogP contribution < -0.4 is 0 Å². The van der Waals surface area contributed by atoms with Crippen molar-refractivity contribution in [3.8, 4) is 17.2 Å². The first-order valence-corrected chi connectivity index (χ1v) is 9.98. The molecule has 4 aromatic rings. The van der Waals surface area contributed by atoms with Gasteiger partial charge in [0.2, 0.25) is 9.84 Å². The predicted molar refractivity (Wildman–Crippen MR) is 104 cm³/mol. The molecule has 0 atom stereocenters. The van der Waals surface area contributed by atoms with E-state index in [9.17, 15) is 17.2 Å². The van der Waals surface area contributed by atoms with Crippen molar-refractivity contribution in [3.63, 3.8) is 0 Å². The number of nitriles is 1. The number of sulfone groups is 1. The Bertz CT molecular complexity index is 1390. The summed E-state index contributed by atoms with van der Waals surface area (Å²) >= 11 is 0. The summed E-state index contributed by atoms with van der Waals surface area (Å²) in [5.74, 6) is -0.945. The zero-order chi connectivity index (χ0) is 20.6. The SMILES string of the molecule is N#Cc1cccc(S(=O)(=O)c2cc(-c3ccc(F)cc3)c3cc(F)ccc3n2)c1. The Morgan fingerprint density at radius 2 is 1.59 bits per heavy atom. The fourth-order valence-corrected chi connectivity index (χ4v) is 4.31. The summed E-state index contributed by atoms with van der Waals surface area (Å²) in [5.41, 5.74) is 1.41. The van der Waals surface area contributed by atoms with Crippen LogP contribution in [0.25, 0.3) is 22.0 Å². The minimum atomic E-state index is -4.04. The monoisotopic (exact) mass is 406 g/mol. The number of halogens is 2. The van der Waals surface area contributed by atoms with Gasteiger partial charge in [0.15, 0.2) is 5.03 Å². The van der Waals surface area contributed by atoms with E-state index >= 15 is 0 Å². The van der Waals surface area contributed by atoms with E-state index in [1.165, 1.54) is 72.8 Å². The largest absolute Gasteiger partial charge is 0.236 e. The Morgan fingerprint density at radius 1 is 0.862 bits per heavy atom. The van der Waals surface area contributed by atoms with Crippen molar-refractivity contribution < 1.29 is 17.2 Å². The second-order valence-corrected chi connectivity index (χ2v) is 8.22. The van der Waals surface area contributed by atoms with Gasteiger partial charge in [-0.15, -0.1) is 0 Å². The van der Waals surface area contributed by atoms with Gasteiger partial charge in [-0.05, 0) is 65.7 Å². The van der Waals surface area contributed by atoms with Crippen LogP contribution in [0.1, 0.15) is 5.56 Å². The van der Waals surface area contributed by atoms with E-state index in [0.29, 0.717) is 16.5 Å². The number of benzene rings is 3. The average Bonchev–Trinajstić information content (AvgIpc) is 2.73. The first-order valence-electron chi connectivity index (χ1n) is 8.50. The van der Waals surface area contributed by atoms with Gasteiger partial charge in [0, 0.05) is 5.39 Å². The fourth-order valence-electron chi connectivity index (χ4n) is 3.03. The normalized spacial score (nSPS) is 11.3. The molecule has 1 aromatic heterocycles. The topological polar surface area (TPSA) is 70.8 Å². The van der Waals surface area contributed by atoms with Crippen molar-refractivity contribution >= 4 is 20.7 Å². The molecule has 0 fully saturated rings. The summed E-state index contributed by atoms with van der Waals surface area (Å²) in [6.45, 7) is 0. The first kappa shape index (κ1) is 18.7. The summed E-state index contributed by atoms with van der Waals surface area (Å²) in [7, 11) is -4.04. The second kappa shape index (κ2) is 7.08. The van der Waals surface area contributed by atoms with E-state index in [1.54, 1.807) is 0 Å². The first-order chi connectivity index (χ1) is 13.9. The van der Waals surface area contributed by atoms with Gasteiger partial charge in [0.1, 0.15) is 11.6 Å². The molecule has 0 N–H and O–H groups in total. The predicted octanol–water partition coefficient (Wildman–Crippen LogP) is 4.88. The molecule has 4 rings (SSSR count). The Kier molecular flexibility index (Phi) is 4.57. The highest BCUT2D eigenvalue weighted by Crippen LogP contribution is 2.32. The highest BCUT2D eigenvalue weighted by molar-refractivity contribution is 7.91. The third kappa shape index (κ3) is 3.46. The molecule has 1 heterocycles. The van der Waals surface area contributed by atoms with E-state index in [-0.39, 0.29) is 21.0 Å². The van der Waals surface area contributed by atoms with E-state index in [0.717, 1.165) is 0 Å². The zero-order valence-corrected chi connectivity index (χ0v) is 15.6. The minimum absolute atomic E-state index is 0.0735. The van der Waals surface area contributed by atoms with Crippen LogP contribution in [0.3, 0.4) is 0 Å². The maximum absolute atomic E-state index is 13.8. The van der Waals surface area contributed by atoms with E-state index in [4.69, 9.17) is 5.26 Å². The number of pyridine rings is 1. The van der Waals surface area contributed by atoms with Crippen molar-refractivity contribution in [1.82, 2.24) is 4.98 Å². The zero-order valence-electron chi connectivity index (χ0n) is 14.8. The fraction of sp³-hybridized carbons (Fsp3) is 0. The Morgan fingerprint density at radius 3 is 2.31 bits per heavy atom. The molecule has 0 bridgehead atoms. The molecule has 29 heavy (non-hydrogen) atoms. The molecular formula is C22H12F2N2O2S. The van der Waals surface area contributed by atoms with Crippen molar-refractivity contribution in [2.75, 3.05) is 0 Å². The Balaban J connectivity index is 2.00. The van der Waals surface area contributed by atoms with Crippen LogP contribution >= 0.6 is 0 Å². The molecular weight excluding hydrogens is 394 g/mol. The molecule has 3 aromatic carbocycles. The van der Waals surface area contributed by atoms with Crippen LogP contribution in [0.4, 0.5) is 8.78 Å². The van der Waals surface area contributed by atoms with Gasteiger partial charge in [-0.2, -0.15) is 5.26 Å². The third-order valence-electron chi connectivity index (χ3n) is 4.45. The van der Waals surface area contributed by atoms with Gasteiger partial charge >= 0.3 is 0 Å². The molecule has 0 saturated heterocycles. The molecule has 7 heteroatoms. The maximum atomic E-state index is 13.8. The molecule has 0 spiro atoms. The lowest BCUT2D eigenvalue weighted by Gasteiger charge is -2.11. The molecule has 0 aliphatic rings. The summed E-state index contributed by atoms with van der Waals surface area (Å²) < 4.78 is 53.5. The molecule has 0 aliphatic carbocycles. The number of aromatic nitrogens is 1. The molecule has 142 valence electrons. The maximum Gasteiger partial charge on any atom is 0.223 e. The summed E-state index contributed by atoms with van der Waals surface area (Å²) in [5, 5.41) is 9.21. The van der Waals surface area contributed by atoms with Gasteiger partial charge < -0.3 is 0 Å². The number of hydrogen-bond donors (Lipinski definition) is 0. The van der Waals surface area contributed by atoms with Crippen LogP contribution in [-0.4, -0.2) is 13.4 Å². The number of hydrogen-bond acceptors (Lipinski definition) is 4. The lowest BCUT2D eigenvalue weighted by molar-refractivity contribution is 0.593. The van der Waals surface area contributed by atoms with E-state index < -0.39 is 21.5 Å². The van der Waals surface area contributed by atoms with Gasteiger partial charge in [0.25, 0.3) is 0 Å². The van der Waals surface area contributed by atoms with Gasteiger partial charge in [-0.1, -0.05) is 18.2 Å². The lowest BCUT2D eigenvalue weighted by Crippen LogP contribution is -2.06. The van der Waals surface area contributed by atoms with Crippen molar-refractivity contribution in [2.24, 2.45) is 0 Å². The molecule has 0 unspecified atom stereocenters. The second-order valence-electron chi connectivity index (χ2n) is 6.32. The number of fused-ring (bicyclic) bond motifs is 1. The molecule has 0 saturated carbocycles. The van der Waals surface area contributed by atoms with E-state index in [2.05, 4.69) is 4.98 Å². The quantitative estimate of drug-likeness (QED) is 0.486. The summed E-state index contributed by atoms with van der Waals surface area (Å²) in [6.07, 6.45) is 0. The lowest BCUT2D eigenvalue weighted by atomic mass is 10.0. The average molecular weight is 406 g/mol. The summed E-state index contributed by atoms with van der Waals surface area (Å²) in [4.78, 5) is 4.14. The number of nitrogens with zero attached hydrogens (tertiary/aromatic N) is 2. The Labute approximate surface area is 165 Å². The van der Waals surface area contributed by atoms with Crippen molar-refractivity contribution in [2.45, 2.75) is 9.92 Å². The van der Waals surface area contributed by atoms with Crippen molar-refractivity contribution in [1.29, 1.82) is 5.26 Å². The minimum Gasteiger partial charge on any atom is -0.236 e. The number of rotatable bonds is 3. The summed E-state index contributed by atoms with van der Waals surface area (Å²) in [6, 6.07) is 18.2. The van der Waals surface area contributed by atoms with Crippen LogP contribution in [0.5, 0.6) is 0 Å². The van der Waals surface area contributed by atoms with Gasteiger partial charge in [-0.25, -0.2) is 22.2 Å². The molecule has 4 nitrogen and oxygen atoms in total. The molecule has 0 aliphatic heterocycles. The van der Waals surface area contributed by atoms with Crippen LogP contribution in [-0.2, 0) is 9.84 Å². The molecule has 0 amide bonds. The van der Waals surface area contributed by atoms with E-state index in [1.807, 2.05) is 6.07 Å². The smallest absolute Gasteiger partial charge is 0.223 e.